The highest BCUT2D eigenvalue weighted by Crippen LogP contribution is 2.26. The Morgan fingerprint density at radius 2 is 2.10 bits per heavy atom. The van der Waals surface area contributed by atoms with E-state index in [4.69, 9.17) is 0 Å². The maximum Gasteiger partial charge on any atom is 0.292 e. The number of aromatic nitrogens is 2. The van der Waals surface area contributed by atoms with Crippen molar-refractivity contribution in [3.63, 3.8) is 0 Å². The van der Waals surface area contributed by atoms with Crippen LogP contribution < -0.4 is 5.32 Å². The molecule has 1 amide bonds. The van der Waals surface area contributed by atoms with Crippen molar-refractivity contribution in [2.45, 2.75) is 6.92 Å². The second-order valence-electron chi connectivity index (χ2n) is 4.10. The van der Waals surface area contributed by atoms with E-state index in [9.17, 15) is 14.9 Å². The van der Waals surface area contributed by atoms with Crippen LogP contribution in [-0.4, -0.2) is 20.6 Å². The van der Waals surface area contributed by atoms with Crippen molar-refractivity contribution >= 4 is 33.2 Å². The first kappa shape index (κ1) is 14.2. The van der Waals surface area contributed by atoms with E-state index >= 15 is 0 Å². The molecule has 2 aromatic rings. The molecule has 0 aliphatic carbocycles. The molecule has 1 N–H and O–H groups in total. The normalized spacial score (nSPS) is 10.3. The average Bonchev–Trinajstić information content (AvgIpc) is 2.63. The van der Waals surface area contributed by atoms with Crippen LogP contribution in [0.25, 0.3) is 0 Å². The molecule has 0 aliphatic heterocycles. The molecular formula is C12H11BrN4O3. The van der Waals surface area contributed by atoms with Gasteiger partial charge < -0.3 is 5.32 Å². The number of anilines is 1. The van der Waals surface area contributed by atoms with Crippen LogP contribution >= 0.6 is 15.9 Å². The molecule has 2 rings (SSSR count). The Kier molecular flexibility index (Phi) is 3.84. The number of nitro groups is 1. The number of amides is 1. The lowest BCUT2D eigenvalue weighted by atomic mass is 10.2. The van der Waals surface area contributed by atoms with Gasteiger partial charge in [-0.15, -0.1) is 0 Å². The van der Waals surface area contributed by atoms with Crippen LogP contribution in [-0.2, 0) is 7.05 Å². The number of rotatable bonds is 3. The van der Waals surface area contributed by atoms with Gasteiger partial charge in [-0.1, -0.05) is 12.1 Å². The number of benzene rings is 1. The quantitative estimate of drug-likeness (QED) is 0.688. The second kappa shape index (κ2) is 5.41. The summed E-state index contributed by atoms with van der Waals surface area (Å²) in [5.41, 5.74) is 0.963. The van der Waals surface area contributed by atoms with Crippen molar-refractivity contribution in [2.24, 2.45) is 7.05 Å². The van der Waals surface area contributed by atoms with Crippen molar-refractivity contribution in [1.82, 2.24) is 9.78 Å². The summed E-state index contributed by atoms with van der Waals surface area (Å²) in [6, 6.07) is 5.97. The summed E-state index contributed by atoms with van der Waals surface area (Å²) < 4.78 is 1.99. The number of carbonyl (C=O) groups is 1. The Morgan fingerprint density at radius 3 is 2.65 bits per heavy atom. The highest BCUT2D eigenvalue weighted by molar-refractivity contribution is 9.10. The van der Waals surface area contributed by atoms with Crippen LogP contribution in [0, 0.1) is 17.0 Å². The van der Waals surface area contributed by atoms with E-state index in [0.29, 0.717) is 15.9 Å². The van der Waals surface area contributed by atoms with Gasteiger partial charge in [-0.05, 0) is 28.9 Å². The largest absolute Gasteiger partial charge is 0.315 e. The lowest BCUT2D eigenvalue weighted by Crippen LogP contribution is -2.17. The van der Waals surface area contributed by atoms with Crippen molar-refractivity contribution in [3.05, 3.63) is 50.2 Å². The summed E-state index contributed by atoms with van der Waals surface area (Å²) in [6.45, 7) is 1.76. The Hall–Kier alpha value is -2.22. The summed E-state index contributed by atoms with van der Waals surface area (Å²) >= 11 is 3.28. The summed E-state index contributed by atoms with van der Waals surface area (Å²) in [4.78, 5) is 22.6. The summed E-state index contributed by atoms with van der Waals surface area (Å²) in [6.07, 6.45) is 0. The molecule has 1 aromatic carbocycles. The van der Waals surface area contributed by atoms with Crippen LogP contribution in [0.15, 0.2) is 28.7 Å². The number of nitrogens with one attached hydrogen (secondary N) is 1. The number of nitro benzene ring substituents is 1. The molecule has 8 heteroatoms. The lowest BCUT2D eigenvalue weighted by Gasteiger charge is -2.06. The molecule has 0 unspecified atom stereocenters. The fourth-order valence-corrected chi connectivity index (χ4v) is 2.31. The molecule has 104 valence electrons. The van der Waals surface area contributed by atoms with Crippen LogP contribution in [0.4, 0.5) is 11.4 Å². The highest BCUT2D eigenvalue weighted by Gasteiger charge is 2.21. The van der Waals surface area contributed by atoms with Gasteiger partial charge >= 0.3 is 0 Å². The number of carbonyl (C=O) groups excluding carboxylic acids is 1. The Balaban J connectivity index is 2.36. The van der Waals surface area contributed by atoms with Crippen molar-refractivity contribution in [2.75, 3.05) is 5.32 Å². The van der Waals surface area contributed by atoms with E-state index in [0.717, 1.165) is 0 Å². The highest BCUT2D eigenvalue weighted by atomic mass is 79.9. The van der Waals surface area contributed by atoms with Gasteiger partial charge in [0.05, 0.1) is 15.1 Å². The molecule has 0 radical (unpaired) electrons. The monoisotopic (exact) mass is 338 g/mol. The molecule has 0 saturated heterocycles. The number of aryl methyl sites for hydroxylation is 2. The Labute approximate surface area is 122 Å². The van der Waals surface area contributed by atoms with Crippen LogP contribution in [0.5, 0.6) is 0 Å². The maximum atomic E-state index is 12.2. The van der Waals surface area contributed by atoms with Gasteiger partial charge in [0.2, 0.25) is 0 Å². The zero-order valence-electron chi connectivity index (χ0n) is 10.8. The molecule has 20 heavy (non-hydrogen) atoms. The number of para-hydroxylation sites is 2. The van der Waals surface area contributed by atoms with Crippen molar-refractivity contribution in [3.8, 4) is 0 Å². The fourth-order valence-electron chi connectivity index (χ4n) is 1.80. The Morgan fingerprint density at radius 1 is 1.45 bits per heavy atom. The second-order valence-corrected chi connectivity index (χ2v) is 4.89. The van der Waals surface area contributed by atoms with Gasteiger partial charge in [0.1, 0.15) is 11.4 Å². The maximum absolute atomic E-state index is 12.2. The van der Waals surface area contributed by atoms with E-state index in [1.54, 1.807) is 20.0 Å². The predicted molar refractivity (Wildman–Crippen MR) is 76.7 cm³/mol. The zero-order valence-corrected chi connectivity index (χ0v) is 12.3. The molecule has 0 bridgehead atoms. The minimum atomic E-state index is -0.543. The summed E-state index contributed by atoms with van der Waals surface area (Å²) in [5, 5.41) is 17.5. The van der Waals surface area contributed by atoms with Crippen LogP contribution in [0.3, 0.4) is 0 Å². The van der Waals surface area contributed by atoms with E-state index < -0.39 is 10.8 Å². The third kappa shape index (κ3) is 2.55. The van der Waals surface area contributed by atoms with Gasteiger partial charge in [-0.3, -0.25) is 19.6 Å². The molecule has 0 fully saturated rings. The molecule has 0 atom stereocenters. The molecular weight excluding hydrogens is 328 g/mol. The molecule has 0 aliphatic rings. The fraction of sp³-hybridized carbons (Fsp3) is 0.167. The van der Waals surface area contributed by atoms with E-state index in [2.05, 4.69) is 26.3 Å². The zero-order chi connectivity index (χ0) is 14.9. The smallest absolute Gasteiger partial charge is 0.292 e. The predicted octanol–water partition coefficient (Wildman–Crippen LogP) is 2.65. The van der Waals surface area contributed by atoms with Crippen molar-refractivity contribution in [1.29, 1.82) is 0 Å². The van der Waals surface area contributed by atoms with Gasteiger partial charge in [0.15, 0.2) is 0 Å². The van der Waals surface area contributed by atoms with Crippen LogP contribution in [0.1, 0.15) is 16.2 Å². The topological polar surface area (TPSA) is 90.1 Å². The number of halogens is 1. The minimum absolute atomic E-state index is 0.147. The summed E-state index contributed by atoms with van der Waals surface area (Å²) in [7, 11) is 1.63. The van der Waals surface area contributed by atoms with E-state index in [-0.39, 0.29) is 11.4 Å². The summed E-state index contributed by atoms with van der Waals surface area (Å²) in [5.74, 6) is -0.464. The lowest BCUT2D eigenvalue weighted by molar-refractivity contribution is -0.383. The Bertz CT molecular complexity index is 696. The van der Waals surface area contributed by atoms with Gasteiger partial charge in [-0.2, -0.15) is 5.10 Å². The van der Waals surface area contributed by atoms with Gasteiger partial charge in [0.25, 0.3) is 11.6 Å². The molecule has 1 heterocycles. The standard InChI is InChI=1S/C12H11BrN4O3/c1-7-10(13)11(16(2)15-7)12(18)14-8-5-3-4-6-9(8)17(19)20/h3-6H,1-2H3,(H,14,18). The molecule has 0 saturated carbocycles. The third-order valence-electron chi connectivity index (χ3n) is 2.71. The molecule has 0 spiro atoms. The van der Waals surface area contributed by atoms with E-state index in [1.807, 2.05) is 0 Å². The van der Waals surface area contributed by atoms with Gasteiger partial charge in [0, 0.05) is 13.1 Å². The molecule has 1 aromatic heterocycles. The number of hydrogen-bond acceptors (Lipinski definition) is 4. The minimum Gasteiger partial charge on any atom is -0.315 e. The average molecular weight is 339 g/mol. The first-order valence-corrected chi connectivity index (χ1v) is 6.45. The van der Waals surface area contributed by atoms with Gasteiger partial charge in [-0.25, -0.2) is 0 Å². The number of hydrogen-bond donors (Lipinski definition) is 1. The number of nitrogens with zero attached hydrogens (tertiary/aromatic N) is 3. The third-order valence-corrected chi connectivity index (χ3v) is 3.66. The first-order valence-electron chi connectivity index (χ1n) is 5.65. The first-order chi connectivity index (χ1) is 9.41. The van der Waals surface area contributed by atoms with Crippen LogP contribution in [0.2, 0.25) is 0 Å². The SMILES string of the molecule is Cc1nn(C)c(C(=O)Nc2ccccc2[N+](=O)[O-])c1Br. The van der Waals surface area contributed by atoms with Crippen molar-refractivity contribution < 1.29 is 9.72 Å². The molecule has 7 nitrogen and oxygen atoms in total. The van der Waals surface area contributed by atoms with E-state index in [1.165, 1.54) is 22.9 Å².